The number of carbonyl (C=O) groups excluding carboxylic acids is 1. The van der Waals surface area contributed by atoms with Gasteiger partial charge in [-0.25, -0.2) is 0 Å². The van der Waals surface area contributed by atoms with E-state index >= 15 is 0 Å². The largest absolute Gasteiger partial charge is 1.00 e. The molecule has 0 rings (SSSR count). The van der Waals surface area contributed by atoms with Crippen LogP contribution in [0.4, 0.5) is 0 Å². The number of hydrogen-bond acceptors (Lipinski definition) is 7. The van der Waals surface area contributed by atoms with Crippen LogP contribution >= 0.6 is 0 Å². The maximum Gasteiger partial charge on any atom is 1.00 e. The zero-order chi connectivity index (χ0) is 10.6. The van der Waals surface area contributed by atoms with Crippen molar-refractivity contribution in [1.82, 2.24) is 0 Å². The maximum atomic E-state index is 9.98. The van der Waals surface area contributed by atoms with Crippen LogP contribution in [-0.4, -0.2) is 68.0 Å². The average Bonchev–Trinajstić information content (AvgIpc) is 2.12. The number of carboxylic acid groups (broad SMARTS) is 1. The zero-order valence-corrected chi connectivity index (χ0v) is 10.1. The molecule has 0 saturated heterocycles. The molecule has 4 atom stereocenters. The molecule has 0 unspecified atom stereocenters. The molecular formula is C6H13NaO8. The standard InChI is InChI=1S/C6H12O7.Na.H2O/c7-1-2(8)3(9)4(10)5(11)6(12)13;;/h2-5,7-11H,1H2,(H,12,13);;1H2/q;+1;/p-1/t2-,3+,4-,5-;;/m1../s1. The SMILES string of the molecule is O.O=C([O-])[C@H](O)[C@H](O)[C@@H](O)[C@H](O)CO.[Na+]. The summed E-state index contributed by atoms with van der Waals surface area (Å²) in [6.45, 7) is -0.863. The van der Waals surface area contributed by atoms with E-state index in [1.807, 2.05) is 0 Å². The Morgan fingerprint density at radius 2 is 1.53 bits per heavy atom. The van der Waals surface area contributed by atoms with Gasteiger partial charge in [0.1, 0.15) is 24.4 Å². The first-order chi connectivity index (χ1) is 5.91. The summed E-state index contributed by atoms with van der Waals surface area (Å²) in [4.78, 5) is 9.98. The Hall–Kier alpha value is 0.230. The Morgan fingerprint density at radius 3 is 1.80 bits per heavy atom. The quantitative estimate of drug-likeness (QED) is 0.294. The predicted octanol–water partition coefficient (Wildman–Crippen LogP) is -8.65. The summed E-state index contributed by atoms with van der Waals surface area (Å²) >= 11 is 0. The molecular weight excluding hydrogens is 223 g/mol. The van der Waals surface area contributed by atoms with E-state index in [1.54, 1.807) is 0 Å². The Balaban J connectivity index is -0.000000720. The normalized spacial score (nSPS) is 17.7. The van der Waals surface area contributed by atoms with Crippen LogP contribution in [0.25, 0.3) is 0 Å². The number of aliphatic hydroxyl groups excluding tert-OH is 5. The van der Waals surface area contributed by atoms with E-state index in [2.05, 4.69) is 0 Å². The molecule has 7 N–H and O–H groups in total. The summed E-state index contributed by atoms with van der Waals surface area (Å²) in [6.07, 6.45) is -8.08. The monoisotopic (exact) mass is 236 g/mol. The molecule has 86 valence electrons. The van der Waals surface area contributed by atoms with Crippen molar-refractivity contribution in [1.29, 1.82) is 0 Å². The van der Waals surface area contributed by atoms with Gasteiger partial charge >= 0.3 is 29.6 Å². The third kappa shape index (κ3) is 6.40. The maximum absolute atomic E-state index is 9.98. The van der Waals surface area contributed by atoms with Crippen LogP contribution < -0.4 is 34.7 Å². The van der Waals surface area contributed by atoms with Crippen LogP contribution in [0.5, 0.6) is 0 Å². The van der Waals surface area contributed by atoms with Gasteiger partial charge in [0.2, 0.25) is 0 Å². The number of hydrogen-bond donors (Lipinski definition) is 5. The van der Waals surface area contributed by atoms with Crippen LogP contribution in [0.2, 0.25) is 0 Å². The van der Waals surface area contributed by atoms with E-state index in [4.69, 9.17) is 25.5 Å². The summed E-state index contributed by atoms with van der Waals surface area (Å²) in [7, 11) is 0. The smallest absolute Gasteiger partial charge is 0.547 e. The van der Waals surface area contributed by atoms with E-state index in [1.165, 1.54) is 0 Å². The molecule has 9 heteroatoms. The number of aliphatic hydroxyl groups is 5. The molecule has 0 spiro atoms. The molecule has 0 amide bonds. The van der Waals surface area contributed by atoms with E-state index < -0.39 is 37.0 Å². The van der Waals surface area contributed by atoms with E-state index in [0.29, 0.717) is 0 Å². The van der Waals surface area contributed by atoms with Crippen molar-refractivity contribution in [3.8, 4) is 0 Å². The molecule has 0 radical (unpaired) electrons. The molecule has 0 bridgehead atoms. The summed E-state index contributed by atoms with van der Waals surface area (Å²) in [5, 5.41) is 53.4. The third-order valence-electron chi connectivity index (χ3n) is 1.50. The minimum Gasteiger partial charge on any atom is -0.547 e. The van der Waals surface area contributed by atoms with Gasteiger partial charge in [0.25, 0.3) is 0 Å². The van der Waals surface area contributed by atoms with Crippen molar-refractivity contribution in [2.75, 3.05) is 6.61 Å². The third-order valence-corrected chi connectivity index (χ3v) is 1.50. The molecule has 0 aliphatic rings. The van der Waals surface area contributed by atoms with Gasteiger partial charge in [-0.15, -0.1) is 0 Å². The summed E-state index contributed by atoms with van der Waals surface area (Å²) in [6, 6.07) is 0. The average molecular weight is 236 g/mol. The summed E-state index contributed by atoms with van der Waals surface area (Å²) in [5.74, 6) is -1.98. The van der Waals surface area contributed by atoms with Crippen molar-refractivity contribution in [2.45, 2.75) is 24.4 Å². The fourth-order valence-corrected chi connectivity index (χ4v) is 0.662. The fourth-order valence-electron chi connectivity index (χ4n) is 0.662. The molecule has 0 heterocycles. The van der Waals surface area contributed by atoms with Gasteiger partial charge in [0.05, 0.1) is 12.6 Å². The Morgan fingerprint density at radius 1 is 1.13 bits per heavy atom. The van der Waals surface area contributed by atoms with Gasteiger partial charge in [-0.1, -0.05) is 0 Å². The van der Waals surface area contributed by atoms with Crippen molar-refractivity contribution in [3.05, 3.63) is 0 Å². The number of carboxylic acids is 1. The first-order valence-corrected chi connectivity index (χ1v) is 3.45. The summed E-state index contributed by atoms with van der Waals surface area (Å²) in [5.41, 5.74) is 0. The molecule has 15 heavy (non-hydrogen) atoms. The van der Waals surface area contributed by atoms with Crippen LogP contribution in [0, 0.1) is 0 Å². The van der Waals surface area contributed by atoms with Gasteiger partial charge < -0.3 is 40.9 Å². The van der Waals surface area contributed by atoms with Crippen molar-refractivity contribution >= 4 is 5.97 Å². The van der Waals surface area contributed by atoms with Crippen LogP contribution in [0.15, 0.2) is 0 Å². The van der Waals surface area contributed by atoms with Crippen molar-refractivity contribution in [2.24, 2.45) is 0 Å². The van der Waals surface area contributed by atoms with E-state index in [-0.39, 0.29) is 35.0 Å². The second-order valence-corrected chi connectivity index (χ2v) is 2.49. The Labute approximate surface area is 107 Å². The predicted molar refractivity (Wildman–Crippen MR) is 39.7 cm³/mol. The second-order valence-electron chi connectivity index (χ2n) is 2.49. The molecule has 8 nitrogen and oxygen atoms in total. The fraction of sp³-hybridized carbons (Fsp3) is 0.833. The number of carbonyl (C=O) groups is 1. The first kappa shape index (κ1) is 20.6. The van der Waals surface area contributed by atoms with Gasteiger partial charge in [-0.05, 0) is 0 Å². The molecule has 0 aliphatic heterocycles. The zero-order valence-electron chi connectivity index (χ0n) is 8.07. The van der Waals surface area contributed by atoms with Gasteiger partial charge in [0.15, 0.2) is 0 Å². The topological polar surface area (TPSA) is 173 Å². The van der Waals surface area contributed by atoms with E-state index in [0.717, 1.165) is 0 Å². The minimum absolute atomic E-state index is 0. The number of aliphatic carboxylic acids is 1. The van der Waals surface area contributed by atoms with Gasteiger partial charge in [-0.2, -0.15) is 0 Å². The minimum atomic E-state index is -2.31. The summed E-state index contributed by atoms with van der Waals surface area (Å²) < 4.78 is 0. The van der Waals surface area contributed by atoms with E-state index in [9.17, 15) is 9.90 Å². The molecule has 0 aliphatic carbocycles. The van der Waals surface area contributed by atoms with Gasteiger partial charge in [-0.3, -0.25) is 0 Å². The van der Waals surface area contributed by atoms with Crippen LogP contribution in [-0.2, 0) is 4.79 Å². The van der Waals surface area contributed by atoms with Crippen molar-refractivity contribution < 1.29 is 70.5 Å². The molecule has 0 aromatic rings. The second kappa shape index (κ2) is 9.46. The van der Waals surface area contributed by atoms with Crippen LogP contribution in [0.3, 0.4) is 0 Å². The Bertz CT molecular complexity index is 177. The van der Waals surface area contributed by atoms with Gasteiger partial charge in [0, 0.05) is 0 Å². The van der Waals surface area contributed by atoms with Crippen LogP contribution in [0.1, 0.15) is 0 Å². The first-order valence-electron chi connectivity index (χ1n) is 3.45. The molecule has 0 aromatic heterocycles. The molecule has 0 fully saturated rings. The van der Waals surface area contributed by atoms with Crippen molar-refractivity contribution in [3.63, 3.8) is 0 Å². The Kier molecular flexibility index (Phi) is 13.0. The molecule has 0 saturated carbocycles. The molecule has 0 aromatic carbocycles. The number of rotatable bonds is 5.